The zero-order valence-electron chi connectivity index (χ0n) is 13.3. The van der Waals surface area contributed by atoms with Crippen molar-refractivity contribution in [1.82, 2.24) is 5.32 Å². The fraction of sp³-hybridized carbons (Fsp3) is 0.647. The Morgan fingerprint density at radius 2 is 2.14 bits per heavy atom. The highest BCUT2D eigenvalue weighted by molar-refractivity contribution is 5.35. The lowest BCUT2D eigenvalue weighted by Gasteiger charge is -2.23. The normalized spacial score (nSPS) is 19.9. The summed E-state index contributed by atoms with van der Waals surface area (Å²) in [5.41, 5.74) is 1.10. The second kappa shape index (κ2) is 8.37. The van der Waals surface area contributed by atoms with E-state index < -0.39 is 0 Å². The highest BCUT2D eigenvalue weighted by atomic mass is 16.5. The van der Waals surface area contributed by atoms with Crippen LogP contribution in [-0.4, -0.2) is 39.5 Å². The first-order valence-electron chi connectivity index (χ1n) is 7.76. The van der Waals surface area contributed by atoms with Crippen molar-refractivity contribution in [3.8, 4) is 5.75 Å². The molecular formula is C17H27NO3. The molecule has 0 bridgehead atoms. The Kier molecular flexibility index (Phi) is 6.49. The van der Waals surface area contributed by atoms with Gasteiger partial charge in [0.15, 0.2) is 0 Å². The second-order valence-corrected chi connectivity index (χ2v) is 5.86. The Balaban J connectivity index is 2.02. The van der Waals surface area contributed by atoms with Crippen LogP contribution in [0.15, 0.2) is 24.3 Å². The highest BCUT2D eigenvalue weighted by Gasteiger charge is 2.21. The minimum atomic E-state index is 0.00384. The lowest BCUT2D eigenvalue weighted by Crippen LogP contribution is -2.30. The van der Waals surface area contributed by atoms with E-state index in [1.54, 1.807) is 7.11 Å². The number of benzene rings is 1. The van der Waals surface area contributed by atoms with Crippen LogP contribution in [0.3, 0.4) is 0 Å². The molecule has 0 aromatic heterocycles. The summed E-state index contributed by atoms with van der Waals surface area (Å²) >= 11 is 0. The van der Waals surface area contributed by atoms with Crippen molar-refractivity contribution >= 4 is 0 Å². The molecule has 1 aliphatic heterocycles. The summed E-state index contributed by atoms with van der Waals surface area (Å²) in [6.07, 6.45) is 1.10. The lowest BCUT2D eigenvalue weighted by atomic mass is 10.1. The Morgan fingerprint density at radius 3 is 2.81 bits per heavy atom. The lowest BCUT2D eigenvalue weighted by molar-refractivity contribution is 0.0232. The van der Waals surface area contributed by atoms with Gasteiger partial charge in [0, 0.05) is 30.7 Å². The summed E-state index contributed by atoms with van der Waals surface area (Å²) in [5.74, 6) is 1.40. The number of hydrogen-bond acceptors (Lipinski definition) is 4. The van der Waals surface area contributed by atoms with Crippen molar-refractivity contribution in [2.45, 2.75) is 32.4 Å². The molecule has 1 saturated heterocycles. The minimum absolute atomic E-state index is 0.00384. The third-order valence-electron chi connectivity index (χ3n) is 3.75. The van der Waals surface area contributed by atoms with Crippen LogP contribution in [0.25, 0.3) is 0 Å². The van der Waals surface area contributed by atoms with E-state index in [1.807, 2.05) is 18.2 Å². The van der Waals surface area contributed by atoms with Gasteiger partial charge in [-0.15, -0.1) is 0 Å². The maximum absolute atomic E-state index is 6.18. The molecule has 1 aromatic carbocycles. The predicted molar refractivity (Wildman–Crippen MR) is 83.8 cm³/mol. The van der Waals surface area contributed by atoms with Gasteiger partial charge in [-0.3, -0.25) is 0 Å². The number of nitrogens with one attached hydrogen (secondary N) is 1. The summed E-state index contributed by atoms with van der Waals surface area (Å²) in [6.45, 7) is 7.48. The zero-order valence-corrected chi connectivity index (χ0v) is 13.3. The van der Waals surface area contributed by atoms with Gasteiger partial charge in [-0.1, -0.05) is 32.0 Å². The van der Waals surface area contributed by atoms with Gasteiger partial charge < -0.3 is 19.5 Å². The van der Waals surface area contributed by atoms with E-state index in [2.05, 4.69) is 25.2 Å². The van der Waals surface area contributed by atoms with Crippen LogP contribution in [0.1, 0.15) is 31.9 Å². The molecule has 1 N–H and O–H groups in total. The van der Waals surface area contributed by atoms with E-state index in [9.17, 15) is 0 Å². The van der Waals surface area contributed by atoms with Crippen molar-refractivity contribution in [2.24, 2.45) is 5.92 Å². The molecule has 1 heterocycles. The van der Waals surface area contributed by atoms with Crippen LogP contribution >= 0.6 is 0 Å². The molecule has 2 atom stereocenters. The maximum atomic E-state index is 6.18. The van der Waals surface area contributed by atoms with E-state index in [0.717, 1.165) is 44.1 Å². The number of methoxy groups -OCH3 is 1. The van der Waals surface area contributed by atoms with Gasteiger partial charge in [-0.25, -0.2) is 0 Å². The average Bonchev–Trinajstić information content (AvgIpc) is 3.00. The molecule has 2 rings (SSSR count). The molecule has 4 heteroatoms. The predicted octanol–water partition coefficient (Wildman–Crippen LogP) is 2.79. The molecule has 0 radical (unpaired) electrons. The van der Waals surface area contributed by atoms with Crippen LogP contribution in [0, 0.1) is 5.92 Å². The maximum Gasteiger partial charge on any atom is 0.124 e. The fourth-order valence-electron chi connectivity index (χ4n) is 2.50. The van der Waals surface area contributed by atoms with Crippen molar-refractivity contribution in [2.75, 3.05) is 33.5 Å². The second-order valence-electron chi connectivity index (χ2n) is 5.86. The monoisotopic (exact) mass is 293 g/mol. The minimum Gasteiger partial charge on any atom is -0.496 e. The standard InChI is InChI=1S/C17H27NO3/c1-13(2)18-10-17(21-12-14-8-9-20-11-14)15-6-4-5-7-16(15)19-3/h4-7,13-14,17-18H,8-12H2,1-3H3. The van der Waals surface area contributed by atoms with Gasteiger partial charge in [0.05, 0.1) is 26.4 Å². The third kappa shape index (κ3) is 4.99. The van der Waals surface area contributed by atoms with Gasteiger partial charge in [-0.05, 0) is 12.5 Å². The summed E-state index contributed by atoms with van der Waals surface area (Å²) in [6, 6.07) is 8.51. The molecule has 0 aliphatic carbocycles. The summed E-state index contributed by atoms with van der Waals surface area (Å²) < 4.78 is 17.1. The number of ether oxygens (including phenoxy) is 3. The molecule has 4 nitrogen and oxygen atoms in total. The van der Waals surface area contributed by atoms with Gasteiger partial charge in [0.1, 0.15) is 5.75 Å². The quantitative estimate of drug-likeness (QED) is 0.800. The highest BCUT2D eigenvalue weighted by Crippen LogP contribution is 2.28. The number of para-hydroxylation sites is 1. The van der Waals surface area contributed by atoms with E-state index in [4.69, 9.17) is 14.2 Å². The summed E-state index contributed by atoms with van der Waals surface area (Å²) in [5, 5.41) is 3.46. The van der Waals surface area contributed by atoms with E-state index in [1.165, 1.54) is 0 Å². The zero-order chi connectivity index (χ0) is 15.1. The van der Waals surface area contributed by atoms with Crippen molar-refractivity contribution in [3.05, 3.63) is 29.8 Å². The molecule has 1 fully saturated rings. The summed E-state index contributed by atoms with van der Waals surface area (Å²) in [4.78, 5) is 0. The Bertz CT molecular complexity index is 416. The van der Waals surface area contributed by atoms with Gasteiger partial charge in [0.2, 0.25) is 0 Å². The molecule has 21 heavy (non-hydrogen) atoms. The van der Waals surface area contributed by atoms with E-state index in [0.29, 0.717) is 12.0 Å². The van der Waals surface area contributed by atoms with Gasteiger partial charge in [-0.2, -0.15) is 0 Å². The molecule has 118 valence electrons. The first-order chi connectivity index (χ1) is 10.2. The van der Waals surface area contributed by atoms with Crippen LogP contribution in [0.4, 0.5) is 0 Å². The Hall–Kier alpha value is -1.10. The average molecular weight is 293 g/mol. The molecular weight excluding hydrogens is 266 g/mol. The van der Waals surface area contributed by atoms with Crippen molar-refractivity contribution in [1.29, 1.82) is 0 Å². The largest absolute Gasteiger partial charge is 0.496 e. The van der Waals surface area contributed by atoms with Crippen LogP contribution in [0.5, 0.6) is 5.75 Å². The molecule has 1 aromatic rings. The van der Waals surface area contributed by atoms with Gasteiger partial charge in [0.25, 0.3) is 0 Å². The molecule has 0 spiro atoms. The van der Waals surface area contributed by atoms with Gasteiger partial charge >= 0.3 is 0 Å². The van der Waals surface area contributed by atoms with Crippen LogP contribution in [-0.2, 0) is 9.47 Å². The first kappa shape index (κ1) is 16.3. The smallest absolute Gasteiger partial charge is 0.124 e. The van der Waals surface area contributed by atoms with E-state index >= 15 is 0 Å². The Labute approximate surface area is 127 Å². The van der Waals surface area contributed by atoms with Crippen molar-refractivity contribution in [3.63, 3.8) is 0 Å². The number of rotatable bonds is 8. The summed E-state index contributed by atoms with van der Waals surface area (Å²) in [7, 11) is 1.70. The molecule has 0 saturated carbocycles. The van der Waals surface area contributed by atoms with Crippen LogP contribution in [0.2, 0.25) is 0 Å². The van der Waals surface area contributed by atoms with Crippen molar-refractivity contribution < 1.29 is 14.2 Å². The van der Waals surface area contributed by atoms with E-state index in [-0.39, 0.29) is 6.10 Å². The fourth-order valence-corrected chi connectivity index (χ4v) is 2.50. The Morgan fingerprint density at radius 1 is 1.33 bits per heavy atom. The number of hydrogen-bond donors (Lipinski definition) is 1. The third-order valence-corrected chi connectivity index (χ3v) is 3.75. The first-order valence-corrected chi connectivity index (χ1v) is 7.76. The topological polar surface area (TPSA) is 39.7 Å². The molecule has 2 unspecified atom stereocenters. The van der Waals surface area contributed by atoms with Crippen LogP contribution < -0.4 is 10.1 Å². The molecule has 0 amide bonds. The SMILES string of the molecule is COc1ccccc1C(CNC(C)C)OCC1CCOC1. The molecule has 1 aliphatic rings.